The standard InChI is InChI=1S/C22H19BrClNO4/c23-15-8-6-13(7-9-15)20(26)18-19(14-3-1-4-16(24)11-14)25(22(28)21(18)27)12-17-5-2-10-29-17/h1,3-4,6-9,11,17,19,26H,2,5,10,12H2/b20-18-. The molecule has 2 unspecified atom stereocenters. The summed E-state index contributed by atoms with van der Waals surface area (Å²) in [7, 11) is 0. The van der Waals surface area contributed by atoms with Gasteiger partial charge >= 0.3 is 0 Å². The fraction of sp³-hybridized carbons (Fsp3) is 0.273. The van der Waals surface area contributed by atoms with Gasteiger partial charge in [0.15, 0.2) is 0 Å². The Morgan fingerprint density at radius 1 is 1.21 bits per heavy atom. The molecule has 29 heavy (non-hydrogen) atoms. The van der Waals surface area contributed by atoms with Crippen molar-refractivity contribution < 1.29 is 19.4 Å². The second-order valence-electron chi connectivity index (χ2n) is 7.15. The minimum Gasteiger partial charge on any atom is -0.507 e. The lowest BCUT2D eigenvalue weighted by molar-refractivity contribution is -0.140. The van der Waals surface area contributed by atoms with Gasteiger partial charge in [-0.1, -0.05) is 51.8 Å². The quantitative estimate of drug-likeness (QED) is 0.394. The Labute approximate surface area is 182 Å². The highest BCUT2D eigenvalue weighted by molar-refractivity contribution is 9.10. The number of rotatable bonds is 4. The summed E-state index contributed by atoms with van der Waals surface area (Å²) in [5.74, 6) is -1.53. The lowest BCUT2D eigenvalue weighted by Crippen LogP contribution is -2.36. The van der Waals surface area contributed by atoms with Crippen molar-refractivity contribution in [2.45, 2.75) is 25.0 Å². The Hall–Kier alpha value is -2.15. The molecule has 1 N–H and O–H groups in total. The van der Waals surface area contributed by atoms with Crippen LogP contribution < -0.4 is 0 Å². The second kappa shape index (κ2) is 8.30. The van der Waals surface area contributed by atoms with Crippen LogP contribution >= 0.6 is 27.5 Å². The molecule has 0 bridgehead atoms. The van der Waals surface area contributed by atoms with Gasteiger partial charge in [-0.15, -0.1) is 0 Å². The summed E-state index contributed by atoms with van der Waals surface area (Å²) in [5.41, 5.74) is 1.21. The first-order chi connectivity index (χ1) is 14.0. The Morgan fingerprint density at radius 3 is 2.62 bits per heavy atom. The number of amides is 1. The van der Waals surface area contributed by atoms with E-state index in [1.807, 2.05) is 0 Å². The predicted molar refractivity (Wildman–Crippen MR) is 114 cm³/mol. The molecule has 0 radical (unpaired) electrons. The number of nitrogens with zero attached hydrogens (tertiary/aromatic N) is 1. The van der Waals surface area contributed by atoms with E-state index in [9.17, 15) is 14.7 Å². The third-order valence-corrected chi connectivity index (χ3v) is 6.01. The number of carbonyl (C=O) groups is 2. The zero-order valence-corrected chi connectivity index (χ0v) is 17.8. The summed E-state index contributed by atoms with van der Waals surface area (Å²) >= 11 is 9.54. The van der Waals surface area contributed by atoms with Crippen LogP contribution in [0.4, 0.5) is 0 Å². The molecule has 2 aliphatic rings. The van der Waals surface area contributed by atoms with Gasteiger partial charge in [0.05, 0.1) is 17.7 Å². The van der Waals surface area contributed by atoms with Crippen LogP contribution in [0.2, 0.25) is 5.02 Å². The number of carbonyl (C=O) groups excluding carboxylic acids is 2. The zero-order valence-electron chi connectivity index (χ0n) is 15.5. The molecule has 5 nitrogen and oxygen atoms in total. The SMILES string of the molecule is O=C1C(=O)N(CC2CCCO2)C(c2cccc(Cl)c2)/C1=C(/O)c1ccc(Br)cc1. The maximum absolute atomic E-state index is 12.9. The Balaban J connectivity index is 1.83. The van der Waals surface area contributed by atoms with E-state index in [0.29, 0.717) is 29.3 Å². The van der Waals surface area contributed by atoms with Gasteiger partial charge in [0.25, 0.3) is 11.7 Å². The highest BCUT2D eigenvalue weighted by Crippen LogP contribution is 2.40. The summed E-state index contributed by atoms with van der Waals surface area (Å²) in [6, 6.07) is 13.2. The number of aliphatic hydroxyl groups is 1. The van der Waals surface area contributed by atoms with Crippen LogP contribution in [-0.4, -0.2) is 41.0 Å². The molecule has 2 aromatic rings. The first-order valence-corrected chi connectivity index (χ1v) is 10.5. The minimum atomic E-state index is -0.721. The average molecular weight is 477 g/mol. The van der Waals surface area contributed by atoms with Gasteiger partial charge in [-0.25, -0.2) is 0 Å². The molecule has 2 atom stereocenters. The van der Waals surface area contributed by atoms with E-state index in [1.54, 1.807) is 48.5 Å². The molecule has 4 rings (SSSR count). The highest BCUT2D eigenvalue weighted by Gasteiger charge is 2.47. The number of benzene rings is 2. The van der Waals surface area contributed by atoms with E-state index < -0.39 is 17.7 Å². The molecular formula is C22H19BrClNO4. The van der Waals surface area contributed by atoms with Crippen molar-refractivity contribution in [1.29, 1.82) is 0 Å². The fourth-order valence-corrected chi connectivity index (χ4v) is 4.33. The van der Waals surface area contributed by atoms with Crippen molar-refractivity contribution >= 4 is 45.0 Å². The van der Waals surface area contributed by atoms with E-state index in [1.165, 1.54) is 4.90 Å². The predicted octanol–water partition coefficient (Wildman–Crippen LogP) is 4.70. The van der Waals surface area contributed by atoms with Crippen LogP contribution in [0.25, 0.3) is 5.76 Å². The van der Waals surface area contributed by atoms with Crippen molar-refractivity contribution in [3.63, 3.8) is 0 Å². The van der Waals surface area contributed by atoms with E-state index in [-0.39, 0.29) is 17.4 Å². The minimum absolute atomic E-state index is 0.0672. The molecule has 2 fully saturated rings. The largest absolute Gasteiger partial charge is 0.507 e. The molecule has 0 aliphatic carbocycles. The zero-order chi connectivity index (χ0) is 20.5. The first kappa shape index (κ1) is 20.1. The van der Waals surface area contributed by atoms with E-state index in [0.717, 1.165) is 17.3 Å². The molecule has 2 saturated heterocycles. The maximum atomic E-state index is 12.9. The maximum Gasteiger partial charge on any atom is 0.295 e. The number of aliphatic hydroxyl groups excluding tert-OH is 1. The summed E-state index contributed by atoms with van der Waals surface area (Å²) in [6.07, 6.45) is 1.63. The molecule has 150 valence electrons. The van der Waals surface area contributed by atoms with Gasteiger partial charge in [-0.2, -0.15) is 0 Å². The van der Waals surface area contributed by atoms with Gasteiger partial charge < -0.3 is 14.7 Å². The number of likely N-dealkylation sites (tertiary alicyclic amines) is 1. The van der Waals surface area contributed by atoms with E-state index in [4.69, 9.17) is 16.3 Å². The van der Waals surface area contributed by atoms with Gasteiger partial charge in [0, 0.05) is 28.2 Å². The topological polar surface area (TPSA) is 66.8 Å². The molecule has 7 heteroatoms. The average Bonchev–Trinajstić information content (AvgIpc) is 3.30. The lowest BCUT2D eigenvalue weighted by Gasteiger charge is -2.27. The van der Waals surface area contributed by atoms with Crippen molar-refractivity contribution in [2.75, 3.05) is 13.2 Å². The number of halogens is 2. The van der Waals surface area contributed by atoms with Gasteiger partial charge in [0.1, 0.15) is 5.76 Å². The lowest BCUT2D eigenvalue weighted by atomic mass is 9.95. The third-order valence-electron chi connectivity index (χ3n) is 5.25. The summed E-state index contributed by atoms with van der Waals surface area (Å²) < 4.78 is 6.53. The number of hydrogen-bond donors (Lipinski definition) is 1. The number of ketones is 1. The van der Waals surface area contributed by atoms with Crippen LogP contribution in [0.1, 0.15) is 30.0 Å². The van der Waals surface area contributed by atoms with Gasteiger partial charge in [-0.05, 0) is 42.7 Å². The molecular weight excluding hydrogens is 458 g/mol. The van der Waals surface area contributed by atoms with Crippen molar-refractivity contribution in [3.8, 4) is 0 Å². The molecule has 0 spiro atoms. The van der Waals surface area contributed by atoms with Gasteiger partial charge in [-0.3, -0.25) is 9.59 Å². The first-order valence-electron chi connectivity index (χ1n) is 9.37. The van der Waals surface area contributed by atoms with Crippen LogP contribution in [0.15, 0.2) is 58.6 Å². The fourth-order valence-electron chi connectivity index (χ4n) is 3.86. The van der Waals surface area contributed by atoms with Crippen LogP contribution in [0.5, 0.6) is 0 Å². The monoisotopic (exact) mass is 475 g/mol. The Bertz CT molecular complexity index is 983. The molecule has 0 aromatic heterocycles. The number of hydrogen-bond acceptors (Lipinski definition) is 4. The summed E-state index contributed by atoms with van der Waals surface area (Å²) in [6.45, 7) is 0.939. The molecule has 1 amide bonds. The van der Waals surface area contributed by atoms with Gasteiger partial charge in [0.2, 0.25) is 0 Å². The van der Waals surface area contributed by atoms with Crippen molar-refractivity contribution in [2.24, 2.45) is 0 Å². The number of Topliss-reactive ketones (excluding diaryl/α,β-unsaturated/α-hetero) is 1. The molecule has 2 aliphatic heterocycles. The normalized spacial score (nSPS) is 23.7. The van der Waals surface area contributed by atoms with Crippen LogP contribution in [-0.2, 0) is 14.3 Å². The summed E-state index contributed by atoms with van der Waals surface area (Å²) in [4.78, 5) is 27.3. The van der Waals surface area contributed by atoms with Crippen LogP contribution in [0, 0.1) is 0 Å². The Morgan fingerprint density at radius 2 is 1.97 bits per heavy atom. The van der Waals surface area contributed by atoms with E-state index in [2.05, 4.69) is 15.9 Å². The van der Waals surface area contributed by atoms with Crippen LogP contribution in [0.3, 0.4) is 0 Å². The second-order valence-corrected chi connectivity index (χ2v) is 8.50. The Kier molecular flexibility index (Phi) is 5.76. The molecule has 0 saturated carbocycles. The molecule has 2 heterocycles. The highest BCUT2D eigenvalue weighted by atomic mass is 79.9. The molecule has 2 aromatic carbocycles. The smallest absolute Gasteiger partial charge is 0.295 e. The van der Waals surface area contributed by atoms with Crippen molar-refractivity contribution in [1.82, 2.24) is 4.90 Å². The van der Waals surface area contributed by atoms with Crippen molar-refractivity contribution in [3.05, 3.63) is 74.7 Å². The van der Waals surface area contributed by atoms with E-state index >= 15 is 0 Å². The number of ether oxygens (including phenoxy) is 1. The summed E-state index contributed by atoms with van der Waals surface area (Å²) in [5, 5.41) is 11.5. The third kappa shape index (κ3) is 3.97.